The molecule has 7 nitrogen and oxygen atoms in total. The summed E-state index contributed by atoms with van der Waals surface area (Å²) in [6, 6.07) is 16.0. The van der Waals surface area contributed by atoms with E-state index in [1.54, 1.807) is 23.3 Å². The third-order valence-corrected chi connectivity index (χ3v) is 5.00. The topological polar surface area (TPSA) is 70.7 Å². The molecule has 0 saturated carbocycles. The fourth-order valence-electron chi connectivity index (χ4n) is 3.49. The van der Waals surface area contributed by atoms with Crippen molar-refractivity contribution in [2.45, 2.75) is 6.61 Å². The number of aromatic nitrogens is 6. The van der Waals surface area contributed by atoms with E-state index in [0.29, 0.717) is 12.5 Å². The number of hydrogen-bond acceptors (Lipinski definition) is 5. The Bertz CT molecular complexity index is 1310. The van der Waals surface area contributed by atoms with Crippen LogP contribution >= 0.6 is 0 Å². The average Bonchev–Trinajstić information content (AvgIpc) is 3.33. The number of hydrogen-bond donors (Lipinski definition) is 0. The van der Waals surface area contributed by atoms with Crippen molar-refractivity contribution >= 4 is 11.2 Å². The van der Waals surface area contributed by atoms with E-state index in [2.05, 4.69) is 39.3 Å². The monoisotopic (exact) mass is 396 g/mol. The molecule has 1 aromatic carbocycles. The first-order valence-corrected chi connectivity index (χ1v) is 9.62. The highest BCUT2D eigenvalue weighted by molar-refractivity contribution is 5.76. The maximum Gasteiger partial charge on any atom is 0.241 e. The van der Waals surface area contributed by atoms with Gasteiger partial charge in [-0.05, 0) is 35.4 Å². The van der Waals surface area contributed by atoms with Crippen LogP contribution in [0.3, 0.4) is 0 Å². The van der Waals surface area contributed by atoms with Crippen LogP contribution in [0.2, 0.25) is 0 Å². The number of rotatable bonds is 5. The number of benzene rings is 1. The molecule has 0 saturated heterocycles. The molecule has 0 N–H and O–H groups in total. The molecule has 0 atom stereocenters. The molecule has 5 rings (SSSR count). The largest absolute Gasteiger partial charge is 0.471 e. The second-order valence-corrected chi connectivity index (χ2v) is 7.08. The summed E-state index contributed by atoms with van der Waals surface area (Å²) in [6.07, 6.45) is 7.27. The van der Waals surface area contributed by atoms with Crippen LogP contribution in [-0.4, -0.2) is 29.3 Å². The van der Waals surface area contributed by atoms with Gasteiger partial charge in [0.2, 0.25) is 5.88 Å². The van der Waals surface area contributed by atoms with Crippen molar-refractivity contribution in [3.05, 3.63) is 78.9 Å². The van der Waals surface area contributed by atoms with E-state index in [9.17, 15) is 0 Å². The molecule has 0 aliphatic rings. The first-order valence-electron chi connectivity index (χ1n) is 9.62. The maximum atomic E-state index is 6.03. The standard InChI is InChI=1S/C23H20N6O/c1-28-14-19(17-9-12-24-13-10-17)23(27-28)30-15-16-5-7-18(8-6-16)21-26-20-4-3-11-25-22(20)29(21)2/h3-14H,15H2,1-2H3. The normalized spacial score (nSPS) is 11.1. The highest BCUT2D eigenvalue weighted by Crippen LogP contribution is 2.29. The van der Waals surface area contributed by atoms with Gasteiger partial charge >= 0.3 is 0 Å². The highest BCUT2D eigenvalue weighted by Gasteiger charge is 2.13. The van der Waals surface area contributed by atoms with E-state index in [1.165, 1.54) is 0 Å². The lowest BCUT2D eigenvalue weighted by atomic mass is 10.1. The van der Waals surface area contributed by atoms with Gasteiger partial charge in [-0.3, -0.25) is 9.67 Å². The fourth-order valence-corrected chi connectivity index (χ4v) is 3.49. The average molecular weight is 396 g/mol. The number of fused-ring (bicyclic) bond motifs is 1. The van der Waals surface area contributed by atoms with Crippen molar-refractivity contribution < 1.29 is 4.74 Å². The Morgan fingerprint density at radius 3 is 2.47 bits per heavy atom. The van der Waals surface area contributed by atoms with Gasteiger partial charge in [0.1, 0.15) is 17.9 Å². The molecular weight excluding hydrogens is 376 g/mol. The second-order valence-electron chi connectivity index (χ2n) is 7.08. The Morgan fingerprint density at radius 2 is 1.70 bits per heavy atom. The van der Waals surface area contributed by atoms with E-state index < -0.39 is 0 Å². The minimum absolute atomic E-state index is 0.430. The summed E-state index contributed by atoms with van der Waals surface area (Å²) < 4.78 is 9.80. The number of pyridine rings is 2. The summed E-state index contributed by atoms with van der Waals surface area (Å²) in [5.41, 5.74) is 5.83. The van der Waals surface area contributed by atoms with Crippen molar-refractivity contribution in [3.8, 4) is 28.4 Å². The van der Waals surface area contributed by atoms with Crippen LogP contribution in [0.25, 0.3) is 33.7 Å². The lowest BCUT2D eigenvalue weighted by Gasteiger charge is -2.07. The van der Waals surface area contributed by atoms with E-state index in [-0.39, 0.29) is 0 Å². The summed E-state index contributed by atoms with van der Waals surface area (Å²) in [6.45, 7) is 0.430. The van der Waals surface area contributed by atoms with Crippen LogP contribution in [0.4, 0.5) is 0 Å². The van der Waals surface area contributed by atoms with Gasteiger partial charge in [-0.2, -0.15) is 0 Å². The van der Waals surface area contributed by atoms with E-state index in [1.807, 2.05) is 49.1 Å². The molecule has 0 amide bonds. The molecule has 0 fully saturated rings. The minimum atomic E-state index is 0.430. The smallest absolute Gasteiger partial charge is 0.241 e. The zero-order valence-electron chi connectivity index (χ0n) is 16.7. The van der Waals surface area contributed by atoms with Crippen molar-refractivity contribution in [2.24, 2.45) is 14.1 Å². The quantitative estimate of drug-likeness (QED) is 0.449. The summed E-state index contributed by atoms with van der Waals surface area (Å²) in [4.78, 5) is 13.2. The Morgan fingerprint density at radius 1 is 0.900 bits per heavy atom. The van der Waals surface area contributed by atoms with Gasteiger partial charge in [0, 0.05) is 44.4 Å². The molecular formula is C23H20N6O. The number of imidazole rings is 1. The molecule has 0 unspecified atom stereocenters. The van der Waals surface area contributed by atoms with Crippen LogP contribution in [0.15, 0.2) is 73.3 Å². The van der Waals surface area contributed by atoms with Crippen molar-refractivity contribution in [2.75, 3.05) is 0 Å². The molecule has 0 aliphatic heterocycles. The first-order chi connectivity index (χ1) is 14.7. The molecule has 0 radical (unpaired) electrons. The summed E-state index contributed by atoms with van der Waals surface area (Å²) >= 11 is 0. The third kappa shape index (κ3) is 3.30. The third-order valence-electron chi connectivity index (χ3n) is 5.00. The Hall–Kier alpha value is -4.00. The Labute approximate surface area is 173 Å². The molecule has 148 valence electrons. The number of aryl methyl sites for hydroxylation is 2. The molecule has 30 heavy (non-hydrogen) atoms. The van der Waals surface area contributed by atoms with Crippen LogP contribution in [0, 0.1) is 0 Å². The van der Waals surface area contributed by atoms with Crippen molar-refractivity contribution in [1.82, 2.24) is 29.3 Å². The fraction of sp³-hybridized carbons (Fsp3) is 0.130. The van der Waals surface area contributed by atoms with Crippen molar-refractivity contribution in [3.63, 3.8) is 0 Å². The van der Waals surface area contributed by atoms with E-state index >= 15 is 0 Å². The van der Waals surface area contributed by atoms with Crippen LogP contribution < -0.4 is 4.74 Å². The van der Waals surface area contributed by atoms with Crippen LogP contribution in [0.5, 0.6) is 5.88 Å². The zero-order chi connectivity index (χ0) is 20.5. The SMILES string of the molecule is Cn1cc(-c2ccncc2)c(OCc2ccc(-c3nc4cccnc4n3C)cc2)n1. The highest BCUT2D eigenvalue weighted by atomic mass is 16.5. The van der Waals surface area contributed by atoms with Gasteiger partial charge in [0.05, 0.1) is 5.56 Å². The summed E-state index contributed by atoms with van der Waals surface area (Å²) in [5, 5.41) is 4.46. The van der Waals surface area contributed by atoms with Crippen LogP contribution in [-0.2, 0) is 20.7 Å². The molecule has 4 aromatic heterocycles. The van der Waals surface area contributed by atoms with E-state index in [0.717, 1.165) is 39.2 Å². The molecule has 0 spiro atoms. The lowest BCUT2D eigenvalue weighted by Crippen LogP contribution is -1.98. The van der Waals surface area contributed by atoms with Gasteiger partial charge < -0.3 is 9.30 Å². The molecule has 7 heteroatoms. The summed E-state index contributed by atoms with van der Waals surface area (Å²) in [5.74, 6) is 1.50. The van der Waals surface area contributed by atoms with Crippen molar-refractivity contribution in [1.29, 1.82) is 0 Å². The van der Waals surface area contributed by atoms with Gasteiger partial charge in [0.15, 0.2) is 5.65 Å². The van der Waals surface area contributed by atoms with E-state index in [4.69, 9.17) is 9.72 Å². The number of nitrogens with zero attached hydrogens (tertiary/aromatic N) is 6. The van der Waals surface area contributed by atoms with Crippen LogP contribution in [0.1, 0.15) is 5.56 Å². The predicted molar refractivity (Wildman–Crippen MR) is 115 cm³/mol. The molecule has 5 aromatic rings. The lowest BCUT2D eigenvalue weighted by molar-refractivity contribution is 0.292. The molecule has 0 aliphatic carbocycles. The zero-order valence-corrected chi connectivity index (χ0v) is 16.7. The first kappa shape index (κ1) is 18.1. The maximum absolute atomic E-state index is 6.03. The van der Waals surface area contributed by atoms with Gasteiger partial charge in [-0.25, -0.2) is 9.97 Å². The van der Waals surface area contributed by atoms with Gasteiger partial charge in [0.25, 0.3) is 0 Å². The second kappa shape index (κ2) is 7.44. The number of ether oxygens (including phenoxy) is 1. The molecule has 0 bridgehead atoms. The Balaban J connectivity index is 1.36. The predicted octanol–water partition coefficient (Wildman–Crippen LogP) is 4.01. The van der Waals surface area contributed by atoms with Gasteiger partial charge in [-0.15, -0.1) is 5.10 Å². The summed E-state index contributed by atoms with van der Waals surface area (Å²) in [7, 11) is 3.87. The Kier molecular flexibility index (Phi) is 4.48. The minimum Gasteiger partial charge on any atom is -0.471 e. The van der Waals surface area contributed by atoms with Gasteiger partial charge in [-0.1, -0.05) is 24.3 Å². The molecule has 4 heterocycles.